The second-order valence-electron chi connectivity index (χ2n) is 7.95. The zero-order valence-electron chi connectivity index (χ0n) is 19.2. The molecule has 0 radical (unpaired) electrons. The van der Waals surface area contributed by atoms with Gasteiger partial charge in [0.2, 0.25) is 23.6 Å². The van der Waals surface area contributed by atoms with Crippen LogP contribution in [0.4, 0.5) is 13.2 Å². The topological polar surface area (TPSA) is 126 Å². The van der Waals surface area contributed by atoms with Gasteiger partial charge < -0.3 is 20.3 Å². The van der Waals surface area contributed by atoms with Crippen molar-refractivity contribution in [2.24, 2.45) is 0 Å². The first kappa shape index (κ1) is 26.6. The Bertz CT molecular complexity index is 1080. The highest BCUT2D eigenvalue weighted by Gasteiger charge is 2.33. The standard InChI is InChI=1S/C23H25F3N6O4/c1-2-19(33)31-17(11-15-5-3-4-8-27-15)22(35)28-13-21(34)32-9-6-16(7-10-32)36-20-12-18(23(24,25)26)29-14-30-20/h2-5,8,12,14,16-17H,1,6-7,9-11,13H2,(H,28,35)(H,31,33). The highest BCUT2D eigenvalue weighted by atomic mass is 19.4. The SMILES string of the molecule is C=CC(=O)NC(Cc1ccccn1)C(=O)NCC(=O)N1CCC(Oc2cc(C(F)(F)F)ncn2)CC1. The van der Waals surface area contributed by atoms with Crippen LogP contribution in [-0.4, -0.2) is 69.4 Å². The smallest absolute Gasteiger partial charge is 0.433 e. The minimum absolute atomic E-state index is 0.127. The Kier molecular flexibility index (Phi) is 8.92. The molecule has 0 spiro atoms. The van der Waals surface area contributed by atoms with Crippen LogP contribution in [0, 0.1) is 0 Å². The van der Waals surface area contributed by atoms with Gasteiger partial charge in [-0.3, -0.25) is 19.4 Å². The van der Waals surface area contributed by atoms with E-state index < -0.39 is 35.8 Å². The Balaban J connectivity index is 1.48. The number of nitrogens with one attached hydrogen (secondary N) is 2. The number of carbonyl (C=O) groups excluding carboxylic acids is 3. The summed E-state index contributed by atoms with van der Waals surface area (Å²) in [6.45, 7) is 3.68. The molecule has 3 amide bonds. The lowest BCUT2D eigenvalue weighted by Crippen LogP contribution is -2.51. The number of alkyl halides is 3. The van der Waals surface area contributed by atoms with E-state index >= 15 is 0 Å². The molecule has 0 bridgehead atoms. The summed E-state index contributed by atoms with van der Waals surface area (Å²) in [6.07, 6.45) is -0.743. The van der Waals surface area contributed by atoms with Crippen LogP contribution in [-0.2, 0) is 27.0 Å². The number of nitrogens with zero attached hydrogens (tertiary/aromatic N) is 4. The van der Waals surface area contributed by atoms with Gasteiger partial charge in [0.15, 0.2) is 5.69 Å². The number of aromatic nitrogens is 3. The maximum atomic E-state index is 12.8. The van der Waals surface area contributed by atoms with Crippen LogP contribution >= 0.6 is 0 Å². The van der Waals surface area contributed by atoms with Crippen molar-refractivity contribution in [1.82, 2.24) is 30.5 Å². The first-order chi connectivity index (χ1) is 17.2. The molecule has 2 aromatic rings. The number of ether oxygens (including phenoxy) is 1. The van der Waals surface area contributed by atoms with E-state index in [2.05, 4.69) is 32.2 Å². The van der Waals surface area contributed by atoms with Gasteiger partial charge >= 0.3 is 6.18 Å². The summed E-state index contributed by atoms with van der Waals surface area (Å²) in [6, 6.07) is 4.97. The second kappa shape index (κ2) is 12.1. The molecule has 1 aliphatic rings. The molecule has 1 atom stereocenters. The maximum absolute atomic E-state index is 12.8. The molecular formula is C23H25F3N6O4. The largest absolute Gasteiger partial charge is 0.474 e. The average Bonchev–Trinajstić information content (AvgIpc) is 2.87. The molecule has 13 heteroatoms. The predicted molar refractivity (Wildman–Crippen MR) is 120 cm³/mol. The van der Waals surface area contributed by atoms with E-state index in [4.69, 9.17) is 4.74 Å². The lowest BCUT2D eigenvalue weighted by Gasteiger charge is -2.32. The number of likely N-dealkylation sites (tertiary alicyclic amines) is 1. The van der Waals surface area contributed by atoms with Crippen LogP contribution in [0.25, 0.3) is 0 Å². The summed E-state index contributed by atoms with van der Waals surface area (Å²) >= 11 is 0. The molecule has 1 fully saturated rings. The van der Waals surface area contributed by atoms with Crippen LogP contribution in [0.15, 0.2) is 49.4 Å². The van der Waals surface area contributed by atoms with E-state index in [0.717, 1.165) is 18.5 Å². The Morgan fingerprint density at radius 2 is 1.94 bits per heavy atom. The Morgan fingerprint density at radius 3 is 2.58 bits per heavy atom. The lowest BCUT2D eigenvalue weighted by atomic mass is 10.1. The molecule has 2 aromatic heterocycles. The molecule has 1 unspecified atom stereocenters. The van der Waals surface area contributed by atoms with Crippen molar-refractivity contribution >= 4 is 17.7 Å². The van der Waals surface area contributed by atoms with Crippen molar-refractivity contribution in [3.63, 3.8) is 0 Å². The van der Waals surface area contributed by atoms with Gasteiger partial charge in [0.1, 0.15) is 18.5 Å². The lowest BCUT2D eigenvalue weighted by molar-refractivity contribution is -0.141. The Hall–Kier alpha value is -4.03. The number of amides is 3. The fourth-order valence-electron chi connectivity index (χ4n) is 3.52. The van der Waals surface area contributed by atoms with Crippen molar-refractivity contribution in [2.45, 2.75) is 37.6 Å². The highest BCUT2D eigenvalue weighted by Crippen LogP contribution is 2.29. The molecule has 0 aliphatic carbocycles. The number of carbonyl (C=O) groups is 3. The highest BCUT2D eigenvalue weighted by molar-refractivity contribution is 5.94. The van der Waals surface area contributed by atoms with Gasteiger partial charge in [-0.05, 0) is 18.2 Å². The first-order valence-electron chi connectivity index (χ1n) is 11.1. The zero-order chi connectivity index (χ0) is 26.1. The molecule has 3 heterocycles. The van der Waals surface area contributed by atoms with Gasteiger partial charge in [0.25, 0.3) is 0 Å². The quantitative estimate of drug-likeness (QED) is 0.491. The molecule has 36 heavy (non-hydrogen) atoms. The van der Waals surface area contributed by atoms with Gasteiger partial charge in [0, 0.05) is 50.3 Å². The van der Waals surface area contributed by atoms with E-state index in [1.165, 1.54) is 4.90 Å². The average molecular weight is 506 g/mol. The predicted octanol–water partition coefficient (Wildman–Crippen LogP) is 1.29. The normalized spacial score (nSPS) is 15.0. The number of rotatable bonds is 9. The van der Waals surface area contributed by atoms with Crippen LogP contribution in [0.1, 0.15) is 24.2 Å². The second-order valence-corrected chi connectivity index (χ2v) is 7.95. The van der Waals surface area contributed by atoms with Gasteiger partial charge in [-0.25, -0.2) is 9.97 Å². The molecule has 2 N–H and O–H groups in total. The first-order valence-corrected chi connectivity index (χ1v) is 11.1. The maximum Gasteiger partial charge on any atom is 0.433 e. The van der Waals surface area contributed by atoms with Gasteiger partial charge in [-0.1, -0.05) is 12.6 Å². The number of hydrogen-bond donors (Lipinski definition) is 2. The van der Waals surface area contributed by atoms with Crippen LogP contribution in [0.2, 0.25) is 0 Å². The summed E-state index contributed by atoms with van der Waals surface area (Å²) < 4.78 is 44.0. The van der Waals surface area contributed by atoms with E-state index in [1.807, 2.05) is 0 Å². The van der Waals surface area contributed by atoms with E-state index in [9.17, 15) is 27.6 Å². The summed E-state index contributed by atoms with van der Waals surface area (Å²) in [5.41, 5.74) is -0.511. The molecule has 3 rings (SSSR count). The fourth-order valence-corrected chi connectivity index (χ4v) is 3.52. The Labute approximate surface area is 205 Å². The number of pyridine rings is 1. The summed E-state index contributed by atoms with van der Waals surface area (Å²) in [7, 11) is 0. The molecular weight excluding hydrogens is 481 g/mol. The number of halogens is 3. The molecule has 0 aromatic carbocycles. The van der Waals surface area contributed by atoms with Gasteiger partial charge in [-0.2, -0.15) is 13.2 Å². The minimum Gasteiger partial charge on any atom is -0.474 e. The van der Waals surface area contributed by atoms with E-state index in [1.54, 1.807) is 24.4 Å². The van der Waals surface area contributed by atoms with Crippen molar-refractivity contribution in [3.8, 4) is 5.88 Å². The Morgan fingerprint density at radius 1 is 1.19 bits per heavy atom. The third-order valence-corrected chi connectivity index (χ3v) is 5.39. The molecule has 192 valence electrons. The summed E-state index contributed by atoms with van der Waals surface area (Å²) in [5, 5.41) is 5.07. The number of piperidine rings is 1. The van der Waals surface area contributed by atoms with Crippen molar-refractivity contribution in [3.05, 3.63) is 60.8 Å². The molecule has 0 saturated carbocycles. The fraction of sp³-hybridized carbons (Fsp3) is 0.391. The summed E-state index contributed by atoms with van der Waals surface area (Å²) in [5.74, 6) is -1.61. The van der Waals surface area contributed by atoms with Crippen LogP contribution in [0.3, 0.4) is 0 Å². The third-order valence-electron chi connectivity index (χ3n) is 5.39. The van der Waals surface area contributed by atoms with E-state index in [-0.39, 0.29) is 24.8 Å². The third kappa shape index (κ3) is 7.75. The van der Waals surface area contributed by atoms with Crippen molar-refractivity contribution in [1.29, 1.82) is 0 Å². The van der Waals surface area contributed by atoms with Gasteiger partial charge in [0.05, 0.1) is 6.54 Å². The van der Waals surface area contributed by atoms with E-state index in [0.29, 0.717) is 31.6 Å². The van der Waals surface area contributed by atoms with Gasteiger partial charge in [-0.15, -0.1) is 0 Å². The monoisotopic (exact) mass is 506 g/mol. The molecule has 1 aliphatic heterocycles. The van der Waals surface area contributed by atoms with Crippen LogP contribution in [0.5, 0.6) is 5.88 Å². The minimum atomic E-state index is -4.60. The van der Waals surface area contributed by atoms with Crippen LogP contribution < -0.4 is 15.4 Å². The molecule has 1 saturated heterocycles. The summed E-state index contributed by atoms with van der Waals surface area (Å²) in [4.78, 5) is 49.6. The van der Waals surface area contributed by atoms with Crippen molar-refractivity contribution < 1.29 is 32.3 Å². The molecule has 10 nitrogen and oxygen atoms in total. The number of hydrogen-bond acceptors (Lipinski definition) is 7. The zero-order valence-corrected chi connectivity index (χ0v) is 19.2. The van der Waals surface area contributed by atoms with Crippen molar-refractivity contribution in [2.75, 3.05) is 19.6 Å².